The van der Waals surface area contributed by atoms with Gasteiger partial charge < -0.3 is 9.88 Å². The Balaban J connectivity index is 1.63. The average molecular weight is 408 g/mol. The molecule has 3 aromatic rings. The van der Waals surface area contributed by atoms with Gasteiger partial charge in [0.25, 0.3) is 5.91 Å². The molecule has 0 spiro atoms. The van der Waals surface area contributed by atoms with Crippen molar-refractivity contribution < 1.29 is 4.79 Å². The fourth-order valence-electron chi connectivity index (χ4n) is 3.16. The van der Waals surface area contributed by atoms with Gasteiger partial charge in [0, 0.05) is 22.1 Å². The molecule has 2 aromatic carbocycles. The molecule has 1 N–H and O–H groups in total. The van der Waals surface area contributed by atoms with Gasteiger partial charge in [0.2, 0.25) is 0 Å². The molecule has 28 heavy (non-hydrogen) atoms. The highest BCUT2D eigenvalue weighted by Gasteiger charge is 2.24. The first kappa shape index (κ1) is 18.6. The number of aromatic nitrogens is 1. The number of nitrogens with one attached hydrogen (secondary N) is 1. The molecule has 1 saturated heterocycles. The van der Waals surface area contributed by atoms with Crippen LogP contribution in [-0.4, -0.2) is 15.6 Å². The summed E-state index contributed by atoms with van der Waals surface area (Å²) in [6, 6.07) is 19.5. The van der Waals surface area contributed by atoms with Gasteiger partial charge in [0.05, 0.1) is 10.6 Å². The number of aryl methyl sites for hydroxylation is 1. The molecule has 1 aromatic heterocycles. The minimum atomic E-state index is -0.137. The summed E-state index contributed by atoms with van der Waals surface area (Å²) in [6.07, 6.45) is 1.92. The van der Waals surface area contributed by atoms with Gasteiger partial charge in [-0.3, -0.25) is 4.79 Å². The zero-order chi connectivity index (χ0) is 19.7. The van der Waals surface area contributed by atoms with Crippen LogP contribution >= 0.6 is 23.4 Å². The molecule has 0 saturated carbocycles. The lowest BCUT2D eigenvalue weighted by Crippen LogP contribution is -2.19. The second-order valence-electron chi connectivity index (χ2n) is 6.46. The van der Waals surface area contributed by atoms with Crippen LogP contribution in [0.1, 0.15) is 17.0 Å². The summed E-state index contributed by atoms with van der Waals surface area (Å²) in [5, 5.41) is 4.05. The molecular weight excluding hydrogens is 390 g/mol. The van der Waals surface area contributed by atoms with E-state index in [0.717, 1.165) is 28.3 Å². The number of para-hydroxylation sites is 1. The van der Waals surface area contributed by atoms with E-state index < -0.39 is 0 Å². The van der Waals surface area contributed by atoms with E-state index in [-0.39, 0.29) is 5.91 Å². The molecular formula is C22H18ClN3OS. The lowest BCUT2D eigenvalue weighted by molar-refractivity contribution is -0.115. The molecule has 0 aliphatic carbocycles. The number of aliphatic imine (C=N–C) groups is 1. The van der Waals surface area contributed by atoms with Crippen molar-refractivity contribution in [3.8, 4) is 5.69 Å². The predicted molar refractivity (Wildman–Crippen MR) is 118 cm³/mol. The number of amides is 1. The highest BCUT2D eigenvalue weighted by Crippen LogP contribution is 2.30. The number of carbonyl (C=O) groups excluding carboxylic acids is 1. The predicted octanol–water partition coefficient (Wildman–Crippen LogP) is 5.64. The van der Waals surface area contributed by atoms with Crippen LogP contribution in [0.15, 0.2) is 70.6 Å². The molecule has 4 rings (SSSR count). The first-order valence-corrected chi connectivity index (χ1v) is 10.0. The Morgan fingerprint density at radius 3 is 2.50 bits per heavy atom. The number of hydrogen-bond acceptors (Lipinski definition) is 3. The molecule has 0 radical (unpaired) electrons. The minimum absolute atomic E-state index is 0.137. The Kier molecular flexibility index (Phi) is 5.11. The van der Waals surface area contributed by atoms with E-state index >= 15 is 0 Å². The SMILES string of the molecule is Cc1cc(/C=C2\SC(=Nc3ccc(Cl)cc3)NC2=O)c(C)n1-c1ccccc1. The van der Waals surface area contributed by atoms with Crippen molar-refractivity contribution >= 4 is 46.2 Å². The highest BCUT2D eigenvalue weighted by molar-refractivity contribution is 8.18. The van der Waals surface area contributed by atoms with E-state index in [2.05, 4.69) is 46.9 Å². The topological polar surface area (TPSA) is 46.4 Å². The summed E-state index contributed by atoms with van der Waals surface area (Å²) in [6.45, 7) is 4.13. The first-order valence-electron chi connectivity index (χ1n) is 8.81. The van der Waals surface area contributed by atoms with Crippen LogP contribution < -0.4 is 5.32 Å². The van der Waals surface area contributed by atoms with E-state index in [1.54, 1.807) is 12.1 Å². The number of hydrogen-bond donors (Lipinski definition) is 1. The largest absolute Gasteiger partial charge is 0.318 e. The fourth-order valence-corrected chi connectivity index (χ4v) is 4.12. The molecule has 1 aliphatic rings. The van der Waals surface area contributed by atoms with Crippen LogP contribution in [0, 0.1) is 13.8 Å². The minimum Gasteiger partial charge on any atom is -0.318 e. The third-order valence-electron chi connectivity index (χ3n) is 4.48. The van der Waals surface area contributed by atoms with Crippen molar-refractivity contribution in [2.45, 2.75) is 13.8 Å². The molecule has 1 fully saturated rings. The van der Waals surface area contributed by atoms with Crippen molar-refractivity contribution in [1.29, 1.82) is 0 Å². The van der Waals surface area contributed by atoms with Crippen LogP contribution in [0.5, 0.6) is 0 Å². The lowest BCUT2D eigenvalue weighted by atomic mass is 10.2. The quantitative estimate of drug-likeness (QED) is 0.571. The smallest absolute Gasteiger partial charge is 0.264 e. The summed E-state index contributed by atoms with van der Waals surface area (Å²) in [5.41, 5.74) is 5.08. The van der Waals surface area contributed by atoms with E-state index in [0.29, 0.717) is 15.1 Å². The van der Waals surface area contributed by atoms with Crippen LogP contribution in [0.3, 0.4) is 0 Å². The van der Waals surface area contributed by atoms with Gasteiger partial charge in [0.15, 0.2) is 5.17 Å². The first-order chi connectivity index (χ1) is 13.5. The average Bonchev–Trinajstić information content (AvgIpc) is 3.16. The fraction of sp³-hybridized carbons (Fsp3) is 0.0909. The van der Waals surface area contributed by atoms with Crippen LogP contribution in [0.25, 0.3) is 11.8 Å². The van der Waals surface area contributed by atoms with Gasteiger partial charge in [-0.05, 0) is 79.7 Å². The summed E-state index contributed by atoms with van der Waals surface area (Å²) in [7, 11) is 0. The van der Waals surface area contributed by atoms with Crippen LogP contribution in [0.4, 0.5) is 5.69 Å². The Labute approximate surface area is 172 Å². The zero-order valence-electron chi connectivity index (χ0n) is 15.4. The maximum Gasteiger partial charge on any atom is 0.264 e. The van der Waals surface area contributed by atoms with Gasteiger partial charge >= 0.3 is 0 Å². The molecule has 1 amide bonds. The molecule has 6 heteroatoms. The van der Waals surface area contributed by atoms with Crippen molar-refractivity contribution in [2.24, 2.45) is 4.99 Å². The van der Waals surface area contributed by atoms with E-state index in [9.17, 15) is 4.79 Å². The number of amidine groups is 1. The lowest BCUT2D eigenvalue weighted by Gasteiger charge is -2.09. The van der Waals surface area contributed by atoms with Crippen LogP contribution in [-0.2, 0) is 4.79 Å². The summed E-state index contributed by atoms with van der Waals surface area (Å²) in [5.74, 6) is -0.137. The maximum atomic E-state index is 12.4. The standard InChI is InChI=1S/C22H18ClN3OS/c1-14-12-16(15(2)26(14)19-6-4-3-5-7-19)13-20-21(27)25-22(28-20)24-18-10-8-17(23)9-11-18/h3-13H,1-2H3,(H,24,25,27)/b20-13-. The Bertz CT molecular complexity index is 1100. The molecule has 140 valence electrons. The monoisotopic (exact) mass is 407 g/mol. The number of carbonyl (C=O) groups is 1. The van der Waals surface area contributed by atoms with Crippen molar-refractivity contribution in [2.75, 3.05) is 0 Å². The third-order valence-corrected chi connectivity index (χ3v) is 5.64. The third kappa shape index (κ3) is 3.77. The summed E-state index contributed by atoms with van der Waals surface area (Å²) < 4.78 is 2.19. The number of thioether (sulfide) groups is 1. The van der Waals surface area contributed by atoms with E-state index in [1.807, 2.05) is 36.4 Å². The summed E-state index contributed by atoms with van der Waals surface area (Å²) >= 11 is 7.24. The molecule has 0 unspecified atom stereocenters. The van der Waals surface area contributed by atoms with Gasteiger partial charge in [-0.15, -0.1) is 0 Å². The molecule has 1 aliphatic heterocycles. The number of nitrogens with zero attached hydrogens (tertiary/aromatic N) is 2. The zero-order valence-corrected chi connectivity index (χ0v) is 17.0. The van der Waals surface area contributed by atoms with E-state index in [1.165, 1.54) is 11.8 Å². The van der Waals surface area contributed by atoms with Crippen molar-refractivity contribution in [3.63, 3.8) is 0 Å². The number of benzene rings is 2. The van der Waals surface area contributed by atoms with Crippen molar-refractivity contribution in [3.05, 3.63) is 87.5 Å². The Morgan fingerprint density at radius 2 is 1.79 bits per heavy atom. The van der Waals surface area contributed by atoms with Crippen molar-refractivity contribution in [1.82, 2.24) is 9.88 Å². The number of rotatable bonds is 3. The number of halogens is 1. The Morgan fingerprint density at radius 1 is 1.07 bits per heavy atom. The summed E-state index contributed by atoms with van der Waals surface area (Å²) in [4.78, 5) is 17.5. The molecule has 0 bridgehead atoms. The van der Waals surface area contributed by atoms with Gasteiger partial charge in [0.1, 0.15) is 0 Å². The van der Waals surface area contributed by atoms with E-state index in [4.69, 9.17) is 11.6 Å². The highest BCUT2D eigenvalue weighted by atomic mass is 35.5. The van der Waals surface area contributed by atoms with Gasteiger partial charge in [-0.25, -0.2) is 4.99 Å². The Hall–Kier alpha value is -2.76. The van der Waals surface area contributed by atoms with Gasteiger partial charge in [-0.2, -0.15) is 0 Å². The van der Waals surface area contributed by atoms with Crippen LogP contribution in [0.2, 0.25) is 5.02 Å². The normalized spacial score (nSPS) is 16.8. The molecule has 2 heterocycles. The second kappa shape index (κ2) is 7.70. The molecule has 0 atom stereocenters. The van der Waals surface area contributed by atoms with Gasteiger partial charge in [-0.1, -0.05) is 29.8 Å². The molecule has 4 nitrogen and oxygen atoms in total. The second-order valence-corrected chi connectivity index (χ2v) is 7.92. The maximum absolute atomic E-state index is 12.4.